The van der Waals surface area contributed by atoms with Crippen molar-refractivity contribution in [2.45, 2.75) is 52.1 Å². The predicted molar refractivity (Wildman–Crippen MR) is 84.7 cm³/mol. The molecule has 20 heavy (non-hydrogen) atoms. The summed E-state index contributed by atoms with van der Waals surface area (Å²) in [6, 6.07) is 7.61. The zero-order chi connectivity index (χ0) is 15.3. The topological polar surface area (TPSA) is 55.1 Å². The van der Waals surface area contributed by atoms with Gasteiger partial charge in [0.2, 0.25) is 5.91 Å². The Labute approximate surface area is 126 Å². The van der Waals surface area contributed by atoms with Crippen molar-refractivity contribution in [3.05, 3.63) is 34.9 Å². The normalized spacial score (nSPS) is 13.3. The lowest BCUT2D eigenvalue weighted by atomic mass is 9.95. The average molecular weight is 297 g/mol. The van der Waals surface area contributed by atoms with Gasteiger partial charge in [0.15, 0.2) is 0 Å². The Kier molecular flexibility index (Phi) is 6.03. The lowest BCUT2D eigenvalue weighted by Gasteiger charge is -2.24. The minimum atomic E-state index is -0.315. The molecule has 0 saturated heterocycles. The Morgan fingerprint density at radius 1 is 1.30 bits per heavy atom. The summed E-state index contributed by atoms with van der Waals surface area (Å²) in [7, 11) is 0. The molecule has 0 fully saturated rings. The summed E-state index contributed by atoms with van der Waals surface area (Å²) in [5.74, 6) is 0.350. The Hall–Kier alpha value is -1.06. The van der Waals surface area contributed by atoms with E-state index in [9.17, 15) is 4.79 Å². The molecule has 1 rings (SSSR count). The van der Waals surface area contributed by atoms with Crippen LogP contribution in [-0.4, -0.2) is 11.4 Å². The van der Waals surface area contributed by atoms with E-state index in [2.05, 4.69) is 19.2 Å². The number of halogens is 1. The number of hydrogen-bond acceptors (Lipinski definition) is 2. The Balaban J connectivity index is 2.68. The fourth-order valence-electron chi connectivity index (χ4n) is 1.99. The monoisotopic (exact) mass is 296 g/mol. The van der Waals surface area contributed by atoms with E-state index in [4.69, 9.17) is 17.3 Å². The number of carbonyl (C=O) groups excluding carboxylic acids is 1. The summed E-state index contributed by atoms with van der Waals surface area (Å²) >= 11 is 5.90. The van der Waals surface area contributed by atoms with Crippen LogP contribution in [0.25, 0.3) is 0 Å². The number of carbonyl (C=O) groups is 1. The van der Waals surface area contributed by atoms with E-state index in [1.807, 2.05) is 38.1 Å². The fourth-order valence-corrected chi connectivity index (χ4v) is 2.11. The van der Waals surface area contributed by atoms with E-state index in [1.165, 1.54) is 0 Å². The molecule has 0 aliphatic carbocycles. The van der Waals surface area contributed by atoms with Crippen molar-refractivity contribution in [3.63, 3.8) is 0 Å². The first-order valence-electron chi connectivity index (χ1n) is 7.03. The van der Waals surface area contributed by atoms with Crippen molar-refractivity contribution >= 4 is 17.5 Å². The van der Waals surface area contributed by atoms with Gasteiger partial charge in [0.05, 0.1) is 6.04 Å². The van der Waals surface area contributed by atoms with Gasteiger partial charge in [-0.05, 0) is 43.9 Å². The summed E-state index contributed by atoms with van der Waals surface area (Å²) in [6.07, 6.45) is 1.12. The van der Waals surface area contributed by atoms with Gasteiger partial charge in [0.1, 0.15) is 0 Å². The molecule has 1 amide bonds. The van der Waals surface area contributed by atoms with Gasteiger partial charge < -0.3 is 11.1 Å². The molecule has 112 valence electrons. The highest BCUT2D eigenvalue weighted by molar-refractivity contribution is 6.30. The minimum Gasteiger partial charge on any atom is -0.349 e. The van der Waals surface area contributed by atoms with Crippen molar-refractivity contribution in [2.24, 2.45) is 11.7 Å². The number of nitrogens with two attached hydrogens (primary N) is 1. The van der Waals surface area contributed by atoms with Crippen LogP contribution in [0.4, 0.5) is 0 Å². The highest BCUT2D eigenvalue weighted by Gasteiger charge is 2.20. The van der Waals surface area contributed by atoms with Crippen LogP contribution in [0.15, 0.2) is 24.3 Å². The molecule has 3 nitrogen and oxygen atoms in total. The Bertz CT molecular complexity index is 435. The second-order valence-corrected chi connectivity index (χ2v) is 6.77. The number of benzene rings is 1. The number of nitrogens with one attached hydrogen (secondary N) is 1. The van der Waals surface area contributed by atoms with Gasteiger partial charge in [-0.15, -0.1) is 0 Å². The van der Waals surface area contributed by atoms with Gasteiger partial charge in [-0.1, -0.05) is 37.6 Å². The molecule has 0 aliphatic rings. The molecule has 0 radical (unpaired) electrons. The van der Waals surface area contributed by atoms with Gasteiger partial charge in [0, 0.05) is 17.0 Å². The summed E-state index contributed by atoms with van der Waals surface area (Å²) in [5.41, 5.74) is 6.67. The zero-order valence-corrected chi connectivity index (χ0v) is 13.5. The molecule has 4 heteroatoms. The van der Waals surface area contributed by atoms with Crippen molar-refractivity contribution in [1.82, 2.24) is 5.32 Å². The van der Waals surface area contributed by atoms with E-state index in [1.54, 1.807) is 0 Å². The van der Waals surface area contributed by atoms with Crippen LogP contribution in [-0.2, 0) is 4.79 Å². The van der Waals surface area contributed by atoms with Crippen molar-refractivity contribution in [1.29, 1.82) is 0 Å². The van der Waals surface area contributed by atoms with Crippen molar-refractivity contribution < 1.29 is 4.79 Å². The standard InChI is InChI=1S/C16H25ClN2O/c1-11(2)15(12-5-7-13(17)8-6-12)19-14(20)9-10-16(3,4)18/h5-8,11,15H,9-10,18H2,1-4H3,(H,19,20). The van der Waals surface area contributed by atoms with Gasteiger partial charge in [-0.2, -0.15) is 0 Å². The van der Waals surface area contributed by atoms with E-state index < -0.39 is 0 Å². The third-order valence-electron chi connectivity index (χ3n) is 3.21. The second kappa shape index (κ2) is 7.09. The van der Waals surface area contributed by atoms with Crippen LogP contribution in [0.1, 0.15) is 52.1 Å². The molecular weight excluding hydrogens is 272 g/mol. The molecule has 0 saturated carbocycles. The first kappa shape index (κ1) is 17.0. The maximum absolute atomic E-state index is 12.1. The maximum Gasteiger partial charge on any atom is 0.220 e. The largest absolute Gasteiger partial charge is 0.349 e. The predicted octanol–water partition coefficient (Wildman–Crippen LogP) is 3.67. The second-order valence-electron chi connectivity index (χ2n) is 6.33. The van der Waals surface area contributed by atoms with Crippen LogP contribution in [0.5, 0.6) is 0 Å². The van der Waals surface area contributed by atoms with Crippen LogP contribution in [0.3, 0.4) is 0 Å². The molecule has 3 N–H and O–H groups in total. The summed E-state index contributed by atoms with van der Waals surface area (Å²) < 4.78 is 0. The molecule has 0 aromatic heterocycles. The van der Waals surface area contributed by atoms with Crippen molar-refractivity contribution in [3.8, 4) is 0 Å². The van der Waals surface area contributed by atoms with E-state index in [-0.39, 0.29) is 17.5 Å². The van der Waals surface area contributed by atoms with E-state index >= 15 is 0 Å². The Morgan fingerprint density at radius 3 is 2.30 bits per heavy atom. The molecule has 0 spiro atoms. The van der Waals surface area contributed by atoms with Crippen LogP contribution in [0.2, 0.25) is 5.02 Å². The lowest BCUT2D eigenvalue weighted by molar-refractivity contribution is -0.122. The number of rotatable bonds is 6. The SMILES string of the molecule is CC(C)C(NC(=O)CCC(C)(C)N)c1ccc(Cl)cc1. The molecule has 1 atom stereocenters. The van der Waals surface area contributed by atoms with E-state index in [0.29, 0.717) is 23.8 Å². The molecule has 0 aliphatic heterocycles. The quantitative estimate of drug-likeness (QED) is 0.841. The van der Waals surface area contributed by atoms with Gasteiger partial charge in [0.25, 0.3) is 0 Å². The van der Waals surface area contributed by atoms with Gasteiger partial charge in [-0.25, -0.2) is 0 Å². The maximum atomic E-state index is 12.1. The molecule has 0 heterocycles. The van der Waals surface area contributed by atoms with Crippen LogP contribution in [0, 0.1) is 5.92 Å². The first-order valence-corrected chi connectivity index (χ1v) is 7.40. The molecule has 1 aromatic rings. The van der Waals surface area contributed by atoms with Gasteiger partial charge >= 0.3 is 0 Å². The number of hydrogen-bond donors (Lipinski definition) is 2. The molecule has 1 unspecified atom stereocenters. The van der Waals surface area contributed by atoms with Gasteiger partial charge in [-0.3, -0.25) is 4.79 Å². The highest BCUT2D eigenvalue weighted by atomic mass is 35.5. The smallest absolute Gasteiger partial charge is 0.220 e. The number of amides is 1. The molecular formula is C16H25ClN2O. The Morgan fingerprint density at radius 2 is 1.85 bits per heavy atom. The average Bonchev–Trinajstić information content (AvgIpc) is 2.33. The molecule has 0 bridgehead atoms. The first-order chi connectivity index (χ1) is 9.19. The fraction of sp³-hybridized carbons (Fsp3) is 0.562. The minimum absolute atomic E-state index is 0.000605. The van der Waals surface area contributed by atoms with Crippen LogP contribution < -0.4 is 11.1 Å². The third kappa shape index (κ3) is 5.93. The van der Waals surface area contributed by atoms with E-state index in [0.717, 1.165) is 5.56 Å². The van der Waals surface area contributed by atoms with Crippen molar-refractivity contribution in [2.75, 3.05) is 0 Å². The summed E-state index contributed by atoms with van der Waals surface area (Å²) in [6.45, 7) is 8.04. The zero-order valence-electron chi connectivity index (χ0n) is 12.7. The summed E-state index contributed by atoms with van der Waals surface area (Å²) in [5, 5.41) is 3.79. The lowest BCUT2D eigenvalue weighted by Crippen LogP contribution is -2.36. The summed E-state index contributed by atoms with van der Waals surface area (Å²) in [4.78, 5) is 12.1. The van der Waals surface area contributed by atoms with Crippen LogP contribution >= 0.6 is 11.6 Å². The highest BCUT2D eigenvalue weighted by Crippen LogP contribution is 2.23. The third-order valence-corrected chi connectivity index (χ3v) is 3.46. The molecule has 1 aromatic carbocycles.